The van der Waals surface area contributed by atoms with E-state index >= 15 is 0 Å². The normalized spacial score (nSPS) is 16.6. The predicted molar refractivity (Wildman–Crippen MR) is 77.0 cm³/mol. The lowest BCUT2D eigenvalue weighted by Crippen LogP contribution is -2.05. The fourth-order valence-electron chi connectivity index (χ4n) is 1.85. The molecule has 2 N–H and O–H groups in total. The van der Waals surface area contributed by atoms with Crippen molar-refractivity contribution >= 4 is 27.7 Å². The molecule has 0 saturated heterocycles. The second-order valence-electron chi connectivity index (χ2n) is 4.71. The molecule has 1 fully saturated rings. The monoisotopic (exact) mass is 339 g/mol. The average molecular weight is 340 g/mol. The number of halogens is 1. The molecule has 19 heavy (non-hydrogen) atoms. The molecule has 0 unspecified atom stereocenters. The third-order valence-electron chi connectivity index (χ3n) is 3.03. The van der Waals surface area contributed by atoms with Crippen molar-refractivity contribution in [3.8, 4) is 0 Å². The summed E-state index contributed by atoms with van der Waals surface area (Å²) in [6.07, 6.45) is 2.35. The van der Waals surface area contributed by atoms with Crippen molar-refractivity contribution in [1.82, 2.24) is 20.2 Å². The van der Waals surface area contributed by atoms with E-state index in [1.165, 1.54) is 12.8 Å². The van der Waals surface area contributed by atoms with Gasteiger partial charge in [0, 0.05) is 15.4 Å². The summed E-state index contributed by atoms with van der Waals surface area (Å²) in [6, 6.07) is 6.67. The van der Waals surface area contributed by atoms with Crippen LogP contribution < -0.4 is 5.73 Å². The number of nitrogens with two attached hydrogens (primary N) is 1. The zero-order valence-corrected chi connectivity index (χ0v) is 12.9. The van der Waals surface area contributed by atoms with Gasteiger partial charge in [0.2, 0.25) is 5.16 Å². The van der Waals surface area contributed by atoms with Crippen molar-refractivity contribution in [2.75, 3.05) is 0 Å². The molecule has 7 heteroatoms. The standard InChI is InChI=1S/C12H14BrN5S/c1-7(14)10-5-4-9(6-11(10)13)19-12-15-16-17-18(12)8-2-3-8/h4-8H,2-3,14H2,1H3/t7-/m1/s1. The highest BCUT2D eigenvalue weighted by atomic mass is 79.9. The van der Waals surface area contributed by atoms with Gasteiger partial charge in [-0.05, 0) is 59.7 Å². The van der Waals surface area contributed by atoms with E-state index in [0.717, 1.165) is 20.1 Å². The Balaban J connectivity index is 1.83. The molecular weight excluding hydrogens is 326 g/mol. The molecule has 0 aliphatic heterocycles. The molecule has 5 nitrogen and oxygen atoms in total. The number of hydrogen-bond acceptors (Lipinski definition) is 5. The second kappa shape index (κ2) is 5.22. The Morgan fingerprint density at radius 3 is 2.89 bits per heavy atom. The third-order valence-corrected chi connectivity index (χ3v) is 4.65. The van der Waals surface area contributed by atoms with Gasteiger partial charge in [0.1, 0.15) is 0 Å². The third kappa shape index (κ3) is 2.82. The number of nitrogens with zero attached hydrogens (tertiary/aromatic N) is 4. The minimum Gasteiger partial charge on any atom is -0.324 e. The van der Waals surface area contributed by atoms with E-state index in [-0.39, 0.29) is 6.04 Å². The largest absolute Gasteiger partial charge is 0.324 e. The van der Waals surface area contributed by atoms with Gasteiger partial charge in [0.05, 0.1) is 6.04 Å². The predicted octanol–water partition coefficient (Wildman–Crippen LogP) is 2.94. The molecule has 1 aromatic carbocycles. The fraction of sp³-hybridized carbons (Fsp3) is 0.417. The highest BCUT2D eigenvalue weighted by molar-refractivity contribution is 9.10. The molecule has 1 atom stereocenters. The van der Waals surface area contributed by atoms with Crippen LogP contribution in [-0.4, -0.2) is 20.2 Å². The molecule has 1 heterocycles. The highest BCUT2D eigenvalue weighted by Crippen LogP contribution is 2.38. The lowest BCUT2D eigenvalue weighted by atomic mass is 10.1. The van der Waals surface area contributed by atoms with Crippen LogP contribution in [0.5, 0.6) is 0 Å². The molecule has 0 bridgehead atoms. The van der Waals surface area contributed by atoms with Gasteiger partial charge < -0.3 is 5.73 Å². The quantitative estimate of drug-likeness (QED) is 0.927. The van der Waals surface area contributed by atoms with Crippen LogP contribution in [0, 0.1) is 0 Å². The van der Waals surface area contributed by atoms with E-state index in [9.17, 15) is 0 Å². The van der Waals surface area contributed by atoms with Crippen LogP contribution in [0.1, 0.15) is 37.4 Å². The number of benzene rings is 1. The molecule has 1 aliphatic carbocycles. The molecule has 2 aromatic rings. The van der Waals surface area contributed by atoms with E-state index in [4.69, 9.17) is 5.73 Å². The SMILES string of the molecule is C[C@@H](N)c1ccc(Sc2nnnn2C2CC2)cc1Br. The van der Waals surface area contributed by atoms with Crippen LogP contribution in [0.15, 0.2) is 32.7 Å². The smallest absolute Gasteiger partial charge is 0.214 e. The van der Waals surface area contributed by atoms with Crippen molar-refractivity contribution in [2.24, 2.45) is 5.73 Å². The Labute approximate surface area is 124 Å². The van der Waals surface area contributed by atoms with Gasteiger partial charge in [-0.15, -0.1) is 5.10 Å². The number of aromatic nitrogens is 4. The molecular formula is C12H14BrN5S. The van der Waals surface area contributed by atoms with Gasteiger partial charge in [-0.1, -0.05) is 22.0 Å². The molecule has 0 amide bonds. The Morgan fingerprint density at radius 1 is 1.47 bits per heavy atom. The van der Waals surface area contributed by atoms with Crippen molar-refractivity contribution in [3.63, 3.8) is 0 Å². The molecule has 1 aliphatic rings. The van der Waals surface area contributed by atoms with Crippen LogP contribution >= 0.6 is 27.7 Å². The second-order valence-corrected chi connectivity index (χ2v) is 6.61. The van der Waals surface area contributed by atoms with Crippen LogP contribution in [0.2, 0.25) is 0 Å². The number of rotatable bonds is 4. The molecule has 1 saturated carbocycles. The summed E-state index contributed by atoms with van der Waals surface area (Å²) in [7, 11) is 0. The molecule has 0 radical (unpaired) electrons. The van der Waals surface area contributed by atoms with Gasteiger partial charge in [0.15, 0.2) is 0 Å². The maximum absolute atomic E-state index is 5.90. The molecule has 0 spiro atoms. The first-order valence-corrected chi connectivity index (χ1v) is 7.77. The Hall–Kier alpha value is -0.920. The minimum absolute atomic E-state index is 0.0187. The number of hydrogen-bond donors (Lipinski definition) is 1. The van der Waals surface area contributed by atoms with E-state index in [1.54, 1.807) is 11.8 Å². The lowest BCUT2D eigenvalue weighted by molar-refractivity contribution is 0.565. The van der Waals surface area contributed by atoms with Crippen molar-refractivity contribution in [1.29, 1.82) is 0 Å². The van der Waals surface area contributed by atoms with Crippen LogP contribution in [-0.2, 0) is 0 Å². The summed E-state index contributed by atoms with van der Waals surface area (Å²) in [5, 5.41) is 12.7. The fourth-order valence-corrected chi connectivity index (χ4v) is 3.62. The summed E-state index contributed by atoms with van der Waals surface area (Å²) in [4.78, 5) is 1.10. The summed E-state index contributed by atoms with van der Waals surface area (Å²) in [5.41, 5.74) is 7.00. The Morgan fingerprint density at radius 2 is 2.26 bits per heavy atom. The first-order valence-electron chi connectivity index (χ1n) is 6.16. The highest BCUT2D eigenvalue weighted by Gasteiger charge is 2.28. The zero-order chi connectivity index (χ0) is 13.4. The summed E-state index contributed by atoms with van der Waals surface area (Å²) in [5.74, 6) is 0. The molecule has 1 aromatic heterocycles. The van der Waals surface area contributed by atoms with Crippen LogP contribution in [0.3, 0.4) is 0 Å². The first-order chi connectivity index (χ1) is 9.15. The first kappa shape index (κ1) is 13.1. The average Bonchev–Trinajstić information content (AvgIpc) is 3.10. The summed E-state index contributed by atoms with van der Waals surface area (Å²) >= 11 is 5.14. The maximum Gasteiger partial charge on any atom is 0.214 e. The van der Waals surface area contributed by atoms with E-state index in [2.05, 4.69) is 43.6 Å². The molecule has 3 rings (SSSR count). The van der Waals surface area contributed by atoms with E-state index in [1.807, 2.05) is 17.7 Å². The van der Waals surface area contributed by atoms with Gasteiger partial charge in [-0.3, -0.25) is 0 Å². The van der Waals surface area contributed by atoms with Gasteiger partial charge in [0.25, 0.3) is 0 Å². The van der Waals surface area contributed by atoms with Crippen molar-refractivity contribution in [2.45, 2.75) is 41.9 Å². The minimum atomic E-state index is 0.0187. The zero-order valence-electron chi connectivity index (χ0n) is 10.5. The van der Waals surface area contributed by atoms with E-state index in [0.29, 0.717) is 6.04 Å². The van der Waals surface area contributed by atoms with Crippen molar-refractivity contribution in [3.05, 3.63) is 28.2 Å². The van der Waals surface area contributed by atoms with Crippen LogP contribution in [0.25, 0.3) is 0 Å². The lowest BCUT2D eigenvalue weighted by Gasteiger charge is -2.10. The summed E-state index contributed by atoms with van der Waals surface area (Å²) in [6.45, 7) is 1.97. The van der Waals surface area contributed by atoms with Crippen LogP contribution in [0.4, 0.5) is 0 Å². The number of tetrazole rings is 1. The van der Waals surface area contributed by atoms with Gasteiger partial charge in [-0.25, -0.2) is 4.68 Å². The summed E-state index contributed by atoms with van der Waals surface area (Å²) < 4.78 is 2.94. The Kier molecular flexibility index (Phi) is 3.60. The topological polar surface area (TPSA) is 69.6 Å². The maximum atomic E-state index is 5.90. The molecule has 100 valence electrons. The van der Waals surface area contributed by atoms with Gasteiger partial charge >= 0.3 is 0 Å². The van der Waals surface area contributed by atoms with Gasteiger partial charge in [-0.2, -0.15) is 0 Å². The van der Waals surface area contributed by atoms with E-state index < -0.39 is 0 Å². The Bertz CT molecular complexity index is 594. The van der Waals surface area contributed by atoms with Crippen molar-refractivity contribution < 1.29 is 0 Å².